The van der Waals surface area contributed by atoms with E-state index in [0.29, 0.717) is 8.04 Å². The SMILES string of the molecule is ICc1ccc2c(c1)CC(C(I)I)O2. The third-order valence-electron chi connectivity index (χ3n) is 2.26. The second kappa shape index (κ2) is 5.03. The van der Waals surface area contributed by atoms with Crippen LogP contribution in [-0.4, -0.2) is 8.04 Å². The molecule has 0 radical (unpaired) electrons. The maximum absolute atomic E-state index is 5.85. The van der Waals surface area contributed by atoms with Crippen LogP contribution in [0.25, 0.3) is 0 Å². The predicted molar refractivity (Wildman–Crippen MR) is 84.1 cm³/mol. The van der Waals surface area contributed by atoms with Crippen LogP contribution in [0.15, 0.2) is 18.2 Å². The van der Waals surface area contributed by atoms with Gasteiger partial charge in [0.25, 0.3) is 0 Å². The summed E-state index contributed by atoms with van der Waals surface area (Å²) in [5.41, 5.74) is 2.77. The van der Waals surface area contributed by atoms with Crippen LogP contribution in [0, 0.1) is 0 Å². The minimum atomic E-state index is 0.357. The van der Waals surface area contributed by atoms with Gasteiger partial charge in [-0.25, -0.2) is 0 Å². The summed E-state index contributed by atoms with van der Waals surface area (Å²) in [6.45, 7) is 0. The van der Waals surface area contributed by atoms with E-state index in [1.807, 2.05) is 0 Å². The fourth-order valence-electron chi connectivity index (χ4n) is 1.55. The molecule has 2 rings (SSSR count). The van der Waals surface area contributed by atoms with Crippen LogP contribution in [0.3, 0.4) is 0 Å². The highest BCUT2D eigenvalue weighted by Crippen LogP contribution is 2.34. The van der Waals surface area contributed by atoms with Crippen molar-refractivity contribution in [2.75, 3.05) is 0 Å². The van der Waals surface area contributed by atoms with Gasteiger partial charge >= 0.3 is 0 Å². The van der Waals surface area contributed by atoms with E-state index in [-0.39, 0.29) is 0 Å². The average Bonchev–Trinajstić information content (AvgIpc) is 2.59. The second-order valence-corrected chi connectivity index (χ2v) is 9.10. The monoisotopic (exact) mass is 526 g/mol. The highest BCUT2D eigenvalue weighted by Gasteiger charge is 2.27. The summed E-state index contributed by atoms with van der Waals surface area (Å²) < 4.78 is 7.47. The molecule has 76 valence electrons. The minimum absolute atomic E-state index is 0.357. The lowest BCUT2D eigenvalue weighted by molar-refractivity contribution is 0.258. The van der Waals surface area contributed by atoms with E-state index < -0.39 is 0 Å². The van der Waals surface area contributed by atoms with Crippen LogP contribution in [0.4, 0.5) is 0 Å². The number of fused-ring (bicyclic) bond motifs is 1. The molecule has 0 bridgehead atoms. The van der Waals surface area contributed by atoms with Gasteiger partial charge in [0.1, 0.15) is 11.9 Å². The van der Waals surface area contributed by atoms with Crippen LogP contribution in [-0.2, 0) is 10.8 Å². The van der Waals surface area contributed by atoms with Gasteiger partial charge in [-0.3, -0.25) is 0 Å². The molecule has 0 fully saturated rings. The van der Waals surface area contributed by atoms with Crippen LogP contribution >= 0.6 is 67.8 Å². The van der Waals surface area contributed by atoms with E-state index in [1.54, 1.807) is 0 Å². The molecule has 0 saturated carbocycles. The van der Waals surface area contributed by atoms with Crippen LogP contribution < -0.4 is 4.74 Å². The smallest absolute Gasteiger partial charge is 0.124 e. The summed E-state index contributed by atoms with van der Waals surface area (Å²) in [6.07, 6.45) is 1.42. The van der Waals surface area contributed by atoms with Gasteiger partial charge in [0, 0.05) is 10.8 Å². The van der Waals surface area contributed by atoms with Gasteiger partial charge in [-0.05, 0) is 17.2 Å². The molecule has 14 heavy (non-hydrogen) atoms. The lowest BCUT2D eigenvalue weighted by atomic mass is 10.1. The van der Waals surface area contributed by atoms with E-state index in [9.17, 15) is 0 Å². The van der Waals surface area contributed by atoms with Crippen molar-refractivity contribution in [1.82, 2.24) is 0 Å². The summed E-state index contributed by atoms with van der Waals surface area (Å²) in [5, 5.41) is 0. The van der Waals surface area contributed by atoms with E-state index in [0.717, 1.165) is 16.6 Å². The number of rotatable bonds is 2. The van der Waals surface area contributed by atoms with E-state index in [2.05, 4.69) is 86.0 Å². The van der Waals surface area contributed by atoms with Crippen molar-refractivity contribution in [1.29, 1.82) is 0 Å². The number of halogens is 3. The zero-order valence-electron chi connectivity index (χ0n) is 7.34. The molecule has 0 amide bonds. The molecule has 1 aliphatic heterocycles. The Bertz CT molecular complexity index is 338. The van der Waals surface area contributed by atoms with E-state index in [1.165, 1.54) is 11.1 Å². The Morgan fingerprint density at radius 3 is 2.86 bits per heavy atom. The van der Waals surface area contributed by atoms with E-state index in [4.69, 9.17) is 4.74 Å². The van der Waals surface area contributed by atoms with Crippen LogP contribution in [0.1, 0.15) is 11.1 Å². The minimum Gasteiger partial charge on any atom is -0.488 e. The first kappa shape index (κ1) is 11.7. The van der Waals surface area contributed by atoms with Gasteiger partial charge < -0.3 is 4.74 Å². The molecule has 0 aromatic heterocycles. The molecule has 1 aromatic rings. The van der Waals surface area contributed by atoms with Gasteiger partial charge in [-0.2, -0.15) is 0 Å². The van der Waals surface area contributed by atoms with Gasteiger partial charge in [0.05, 0.1) is 1.93 Å². The zero-order valence-corrected chi connectivity index (χ0v) is 13.8. The Morgan fingerprint density at radius 1 is 1.43 bits per heavy atom. The standard InChI is InChI=1S/C10H9I3O/c11-5-6-1-2-8-7(3-6)4-9(14-8)10(12)13/h1-3,9-10H,4-5H2. The molecule has 1 atom stereocenters. The summed E-state index contributed by atoms with van der Waals surface area (Å²) in [4.78, 5) is 0. The molecular formula is C10H9I3O. The summed E-state index contributed by atoms with van der Waals surface area (Å²) in [5.74, 6) is 1.09. The van der Waals surface area contributed by atoms with Crippen molar-refractivity contribution in [2.24, 2.45) is 0 Å². The summed E-state index contributed by atoms with van der Waals surface area (Å²) in [7, 11) is 0. The molecule has 1 nitrogen and oxygen atoms in total. The lowest BCUT2D eigenvalue weighted by Gasteiger charge is -2.10. The Balaban J connectivity index is 2.22. The lowest BCUT2D eigenvalue weighted by Crippen LogP contribution is -2.19. The van der Waals surface area contributed by atoms with Crippen LogP contribution in [0.5, 0.6) is 5.75 Å². The van der Waals surface area contributed by atoms with Crippen molar-refractivity contribution in [2.45, 2.75) is 18.9 Å². The molecule has 0 N–H and O–H groups in total. The number of hydrogen-bond donors (Lipinski definition) is 0. The number of benzene rings is 1. The second-order valence-electron chi connectivity index (χ2n) is 3.27. The highest BCUT2D eigenvalue weighted by molar-refractivity contribution is 14.2. The first-order valence-corrected chi connectivity index (χ1v) is 8.35. The molecule has 1 unspecified atom stereocenters. The average molecular weight is 526 g/mol. The van der Waals surface area contributed by atoms with Crippen molar-refractivity contribution < 1.29 is 4.74 Å². The quantitative estimate of drug-likeness (QED) is 0.417. The normalized spacial score (nSPS) is 19.6. The van der Waals surface area contributed by atoms with Crippen molar-refractivity contribution in [3.8, 4) is 5.75 Å². The molecule has 1 aromatic carbocycles. The van der Waals surface area contributed by atoms with Crippen molar-refractivity contribution >= 4 is 67.8 Å². The predicted octanol–water partition coefficient (Wildman–Crippen LogP) is 4.12. The molecule has 4 heteroatoms. The maximum Gasteiger partial charge on any atom is 0.124 e. The number of alkyl halides is 3. The van der Waals surface area contributed by atoms with Gasteiger partial charge in [-0.15, -0.1) is 0 Å². The van der Waals surface area contributed by atoms with Crippen LogP contribution in [0.2, 0.25) is 0 Å². The third kappa shape index (κ3) is 2.47. The third-order valence-corrected chi connectivity index (χ3v) is 4.74. The molecular weight excluding hydrogens is 517 g/mol. The van der Waals surface area contributed by atoms with Gasteiger partial charge in [0.15, 0.2) is 0 Å². The van der Waals surface area contributed by atoms with Crippen molar-refractivity contribution in [3.05, 3.63) is 29.3 Å². The molecule has 0 aliphatic carbocycles. The molecule has 0 spiro atoms. The fourth-order valence-corrected chi connectivity index (χ4v) is 2.83. The molecule has 1 heterocycles. The Hall–Kier alpha value is 1.21. The molecule has 1 aliphatic rings. The first-order valence-electron chi connectivity index (χ1n) is 4.33. The van der Waals surface area contributed by atoms with Gasteiger partial charge in [-0.1, -0.05) is 79.9 Å². The molecule has 0 saturated heterocycles. The topological polar surface area (TPSA) is 9.23 Å². The fraction of sp³-hybridized carbons (Fsp3) is 0.400. The number of hydrogen-bond acceptors (Lipinski definition) is 1. The largest absolute Gasteiger partial charge is 0.488 e. The summed E-state index contributed by atoms with van der Waals surface area (Å²) >= 11 is 7.24. The maximum atomic E-state index is 5.85. The Morgan fingerprint density at radius 2 is 2.21 bits per heavy atom. The number of ether oxygens (including phenoxy) is 1. The van der Waals surface area contributed by atoms with Gasteiger partial charge in [0.2, 0.25) is 0 Å². The summed E-state index contributed by atoms with van der Waals surface area (Å²) in [6, 6.07) is 6.54. The highest BCUT2D eigenvalue weighted by atomic mass is 127. The Labute approximate surface area is 125 Å². The van der Waals surface area contributed by atoms with Crippen molar-refractivity contribution in [3.63, 3.8) is 0 Å². The Kier molecular flexibility index (Phi) is 4.20. The zero-order chi connectivity index (χ0) is 10.1. The van der Waals surface area contributed by atoms with E-state index >= 15 is 0 Å². The first-order chi connectivity index (χ1) is 6.70.